The van der Waals surface area contributed by atoms with Gasteiger partial charge in [0.1, 0.15) is 6.26 Å². The molecule has 0 amide bonds. The zero-order chi connectivity index (χ0) is 10.3. The lowest BCUT2D eigenvalue weighted by Gasteiger charge is -2.11. The number of aromatic nitrogens is 1. The van der Waals surface area contributed by atoms with Crippen molar-refractivity contribution in [3.63, 3.8) is 0 Å². The third kappa shape index (κ3) is 2.23. The van der Waals surface area contributed by atoms with E-state index < -0.39 is 17.3 Å². The highest BCUT2D eigenvalue weighted by molar-refractivity contribution is 5.06. The number of hydrogen-bond donors (Lipinski definition) is 0. The van der Waals surface area contributed by atoms with Crippen molar-refractivity contribution in [2.75, 3.05) is 0 Å². The average molecular weight is 193 g/mol. The Morgan fingerprint density at radius 2 is 1.77 bits per heavy atom. The third-order valence-electron chi connectivity index (χ3n) is 1.44. The largest absolute Gasteiger partial charge is 0.448 e. The van der Waals surface area contributed by atoms with Crippen molar-refractivity contribution in [2.45, 2.75) is 32.4 Å². The molecule has 0 spiro atoms. The van der Waals surface area contributed by atoms with Gasteiger partial charge in [-0.05, 0) is 0 Å². The SMILES string of the molecule is CC(C)(C)c1nc(C(F)(F)F)co1. The highest BCUT2D eigenvalue weighted by Crippen LogP contribution is 2.31. The van der Waals surface area contributed by atoms with Crippen molar-refractivity contribution in [2.24, 2.45) is 0 Å². The molecule has 0 bridgehead atoms. The van der Waals surface area contributed by atoms with Crippen LogP contribution in [0, 0.1) is 0 Å². The van der Waals surface area contributed by atoms with Crippen LogP contribution in [0.3, 0.4) is 0 Å². The molecular formula is C8H10F3NO. The minimum atomic E-state index is -4.42. The molecule has 74 valence electrons. The van der Waals surface area contributed by atoms with E-state index in [9.17, 15) is 13.2 Å². The molecule has 0 fully saturated rings. The van der Waals surface area contributed by atoms with Gasteiger partial charge in [0.2, 0.25) is 0 Å². The molecule has 1 aromatic heterocycles. The molecule has 1 aromatic rings. The Morgan fingerprint density at radius 1 is 1.23 bits per heavy atom. The molecule has 0 aromatic carbocycles. The van der Waals surface area contributed by atoms with E-state index in [2.05, 4.69) is 4.98 Å². The first-order valence-corrected chi connectivity index (χ1v) is 3.74. The van der Waals surface area contributed by atoms with Crippen molar-refractivity contribution >= 4 is 0 Å². The van der Waals surface area contributed by atoms with Crippen LogP contribution >= 0.6 is 0 Å². The van der Waals surface area contributed by atoms with Crippen molar-refractivity contribution in [3.05, 3.63) is 17.8 Å². The smallest absolute Gasteiger partial charge is 0.436 e. The van der Waals surface area contributed by atoms with E-state index in [1.54, 1.807) is 20.8 Å². The Hall–Kier alpha value is -1.00. The van der Waals surface area contributed by atoms with Crippen molar-refractivity contribution in [1.29, 1.82) is 0 Å². The molecular weight excluding hydrogens is 183 g/mol. The second-order valence-corrected chi connectivity index (χ2v) is 3.79. The highest BCUT2D eigenvalue weighted by atomic mass is 19.4. The van der Waals surface area contributed by atoms with Gasteiger partial charge in [-0.2, -0.15) is 13.2 Å². The predicted octanol–water partition coefficient (Wildman–Crippen LogP) is 2.99. The van der Waals surface area contributed by atoms with Crippen LogP contribution < -0.4 is 0 Å². The summed E-state index contributed by atoms with van der Waals surface area (Å²) in [6.45, 7) is 5.21. The summed E-state index contributed by atoms with van der Waals surface area (Å²) >= 11 is 0. The summed E-state index contributed by atoms with van der Waals surface area (Å²) in [6, 6.07) is 0. The highest BCUT2D eigenvalue weighted by Gasteiger charge is 2.36. The fraction of sp³-hybridized carbons (Fsp3) is 0.625. The van der Waals surface area contributed by atoms with E-state index in [1.807, 2.05) is 0 Å². The Kier molecular flexibility index (Phi) is 2.13. The van der Waals surface area contributed by atoms with Crippen LogP contribution in [0.25, 0.3) is 0 Å². The van der Waals surface area contributed by atoms with Crippen LogP contribution in [-0.4, -0.2) is 4.98 Å². The first-order chi connectivity index (χ1) is 5.71. The summed E-state index contributed by atoms with van der Waals surface area (Å²) in [7, 11) is 0. The molecule has 5 heteroatoms. The Balaban J connectivity index is 3.01. The Bertz CT molecular complexity index is 267. The van der Waals surface area contributed by atoms with Crippen molar-refractivity contribution in [1.82, 2.24) is 4.98 Å². The number of halogens is 3. The van der Waals surface area contributed by atoms with Crippen molar-refractivity contribution < 1.29 is 17.6 Å². The molecule has 0 saturated carbocycles. The van der Waals surface area contributed by atoms with Gasteiger partial charge in [0.25, 0.3) is 0 Å². The van der Waals surface area contributed by atoms with E-state index in [0.717, 1.165) is 0 Å². The summed E-state index contributed by atoms with van der Waals surface area (Å²) in [5.41, 5.74) is -1.47. The summed E-state index contributed by atoms with van der Waals surface area (Å²) in [5, 5.41) is 0. The quantitative estimate of drug-likeness (QED) is 0.633. The van der Waals surface area contributed by atoms with Crippen LogP contribution in [-0.2, 0) is 11.6 Å². The summed E-state index contributed by atoms with van der Waals surface area (Å²) < 4.78 is 40.9. The number of rotatable bonds is 0. The first kappa shape index (κ1) is 10.1. The van der Waals surface area contributed by atoms with Crippen LogP contribution in [0.2, 0.25) is 0 Å². The van der Waals surface area contributed by atoms with Gasteiger partial charge in [-0.1, -0.05) is 20.8 Å². The third-order valence-corrected chi connectivity index (χ3v) is 1.44. The lowest BCUT2D eigenvalue weighted by Crippen LogP contribution is -2.13. The molecule has 0 radical (unpaired) electrons. The van der Waals surface area contributed by atoms with E-state index in [4.69, 9.17) is 4.42 Å². The number of nitrogens with zero attached hydrogens (tertiary/aromatic N) is 1. The van der Waals surface area contributed by atoms with Gasteiger partial charge in [-0.25, -0.2) is 4.98 Å². The standard InChI is InChI=1S/C8H10F3NO/c1-7(2,3)6-12-5(4-13-6)8(9,10)11/h4H,1-3H3. The van der Waals surface area contributed by atoms with E-state index in [0.29, 0.717) is 6.26 Å². The summed E-state index contributed by atoms with van der Waals surface area (Å²) in [6.07, 6.45) is -3.78. The molecule has 0 aliphatic carbocycles. The van der Waals surface area contributed by atoms with Gasteiger partial charge in [0, 0.05) is 5.41 Å². The average Bonchev–Trinajstić information content (AvgIpc) is 2.28. The van der Waals surface area contributed by atoms with Gasteiger partial charge in [0.05, 0.1) is 0 Å². The van der Waals surface area contributed by atoms with Crippen LogP contribution in [0.4, 0.5) is 13.2 Å². The number of oxazole rings is 1. The van der Waals surface area contributed by atoms with Gasteiger partial charge in [-0.3, -0.25) is 0 Å². The van der Waals surface area contributed by atoms with Crippen LogP contribution in [0.15, 0.2) is 10.7 Å². The second-order valence-electron chi connectivity index (χ2n) is 3.79. The molecule has 1 heterocycles. The summed E-state index contributed by atoms with van der Waals surface area (Å²) in [5.74, 6) is 0.0971. The monoisotopic (exact) mass is 193 g/mol. The molecule has 0 saturated heterocycles. The lowest BCUT2D eigenvalue weighted by molar-refractivity contribution is -0.141. The normalized spacial score (nSPS) is 13.4. The topological polar surface area (TPSA) is 26.0 Å². The van der Waals surface area contributed by atoms with Gasteiger partial charge < -0.3 is 4.42 Å². The van der Waals surface area contributed by atoms with Gasteiger partial charge in [0.15, 0.2) is 11.6 Å². The maximum absolute atomic E-state index is 12.1. The Labute approximate surface area is 73.8 Å². The zero-order valence-corrected chi connectivity index (χ0v) is 7.57. The zero-order valence-electron chi connectivity index (χ0n) is 7.57. The predicted molar refractivity (Wildman–Crippen MR) is 40.2 cm³/mol. The first-order valence-electron chi connectivity index (χ1n) is 3.74. The Morgan fingerprint density at radius 3 is 2.00 bits per heavy atom. The molecule has 0 aliphatic rings. The van der Waals surface area contributed by atoms with Crippen LogP contribution in [0.1, 0.15) is 32.4 Å². The maximum atomic E-state index is 12.1. The second kappa shape index (κ2) is 2.75. The molecule has 0 unspecified atom stereocenters. The van der Waals surface area contributed by atoms with E-state index >= 15 is 0 Å². The molecule has 1 rings (SSSR count). The fourth-order valence-electron chi connectivity index (χ4n) is 0.748. The van der Waals surface area contributed by atoms with Crippen LogP contribution in [0.5, 0.6) is 0 Å². The van der Waals surface area contributed by atoms with Gasteiger partial charge >= 0.3 is 6.18 Å². The number of hydrogen-bond acceptors (Lipinski definition) is 2. The minimum Gasteiger partial charge on any atom is -0.448 e. The molecule has 0 N–H and O–H groups in total. The lowest BCUT2D eigenvalue weighted by atomic mass is 9.97. The molecule has 0 aliphatic heterocycles. The molecule has 0 atom stereocenters. The summed E-state index contributed by atoms with van der Waals surface area (Å²) in [4.78, 5) is 3.36. The van der Waals surface area contributed by atoms with E-state index in [1.165, 1.54) is 0 Å². The van der Waals surface area contributed by atoms with Gasteiger partial charge in [-0.15, -0.1) is 0 Å². The van der Waals surface area contributed by atoms with E-state index in [-0.39, 0.29) is 5.89 Å². The molecule has 2 nitrogen and oxygen atoms in total. The minimum absolute atomic E-state index is 0.0971. The fourth-order valence-corrected chi connectivity index (χ4v) is 0.748. The van der Waals surface area contributed by atoms with Crippen molar-refractivity contribution in [3.8, 4) is 0 Å². The molecule has 13 heavy (non-hydrogen) atoms. The number of alkyl halides is 3. The maximum Gasteiger partial charge on any atom is 0.436 e.